The Bertz CT molecular complexity index is 473. The summed E-state index contributed by atoms with van der Waals surface area (Å²) in [5.41, 5.74) is 1.99. The molecule has 72 valence electrons. The third-order valence-corrected chi connectivity index (χ3v) is 2.41. The van der Waals surface area contributed by atoms with Crippen LogP contribution in [0.1, 0.15) is 6.92 Å². The van der Waals surface area contributed by atoms with Crippen LogP contribution in [-0.2, 0) is 4.79 Å². The minimum Gasteiger partial charge on any atom is -0.361 e. The Morgan fingerprint density at radius 1 is 1.36 bits per heavy atom. The van der Waals surface area contributed by atoms with Crippen molar-refractivity contribution >= 4 is 22.5 Å². The second-order valence-electron chi connectivity index (χ2n) is 3.29. The molecule has 2 aromatic rings. The molecule has 1 N–H and O–H groups in total. The molecule has 3 heteroatoms. The van der Waals surface area contributed by atoms with Crippen molar-refractivity contribution in [3.05, 3.63) is 30.5 Å². The number of hydrogen-bond donors (Lipinski definition) is 1. The highest BCUT2D eigenvalue weighted by Crippen LogP contribution is 2.24. The SMILES string of the molecule is CC(=O)N(C)c1cccc2[nH]ccc12. The topological polar surface area (TPSA) is 36.1 Å². The third kappa shape index (κ3) is 1.27. The number of nitrogens with zero attached hydrogens (tertiary/aromatic N) is 1. The monoisotopic (exact) mass is 188 g/mol. The number of fused-ring (bicyclic) bond motifs is 1. The van der Waals surface area contributed by atoms with Crippen LogP contribution in [0.25, 0.3) is 10.9 Å². The maximum absolute atomic E-state index is 11.2. The van der Waals surface area contributed by atoms with E-state index in [0.29, 0.717) is 0 Å². The van der Waals surface area contributed by atoms with E-state index in [1.54, 1.807) is 18.9 Å². The van der Waals surface area contributed by atoms with Crippen molar-refractivity contribution in [3.8, 4) is 0 Å². The summed E-state index contributed by atoms with van der Waals surface area (Å²) < 4.78 is 0. The summed E-state index contributed by atoms with van der Waals surface area (Å²) in [5.74, 6) is 0.0405. The van der Waals surface area contributed by atoms with E-state index in [0.717, 1.165) is 16.6 Å². The highest BCUT2D eigenvalue weighted by molar-refractivity contribution is 6.01. The molecular formula is C11H12N2O. The molecule has 0 atom stereocenters. The summed E-state index contributed by atoms with van der Waals surface area (Å²) in [5, 5.41) is 1.07. The summed E-state index contributed by atoms with van der Waals surface area (Å²) >= 11 is 0. The number of amides is 1. The van der Waals surface area contributed by atoms with Crippen LogP contribution in [0.5, 0.6) is 0 Å². The first kappa shape index (κ1) is 8.81. The van der Waals surface area contributed by atoms with Crippen molar-refractivity contribution < 1.29 is 4.79 Å². The van der Waals surface area contributed by atoms with Gasteiger partial charge in [-0.1, -0.05) is 6.07 Å². The Balaban J connectivity index is 2.61. The molecule has 1 aromatic heterocycles. The van der Waals surface area contributed by atoms with Gasteiger partial charge in [0.1, 0.15) is 0 Å². The van der Waals surface area contributed by atoms with Gasteiger partial charge in [-0.2, -0.15) is 0 Å². The Morgan fingerprint density at radius 3 is 2.86 bits per heavy atom. The molecule has 0 unspecified atom stereocenters. The molecule has 0 bridgehead atoms. The number of aromatic nitrogens is 1. The van der Waals surface area contributed by atoms with Crippen molar-refractivity contribution in [3.63, 3.8) is 0 Å². The van der Waals surface area contributed by atoms with Gasteiger partial charge in [0.25, 0.3) is 0 Å². The van der Waals surface area contributed by atoms with Crippen LogP contribution in [0.4, 0.5) is 5.69 Å². The molecule has 0 saturated carbocycles. The first-order chi connectivity index (χ1) is 6.70. The fourth-order valence-electron chi connectivity index (χ4n) is 1.53. The van der Waals surface area contributed by atoms with E-state index in [9.17, 15) is 4.79 Å². The van der Waals surface area contributed by atoms with Gasteiger partial charge in [0.15, 0.2) is 0 Å². The van der Waals surface area contributed by atoms with Crippen molar-refractivity contribution in [2.24, 2.45) is 0 Å². The fraction of sp³-hybridized carbons (Fsp3) is 0.182. The number of nitrogens with one attached hydrogen (secondary N) is 1. The van der Waals surface area contributed by atoms with Crippen LogP contribution in [0, 0.1) is 0 Å². The first-order valence-corrected chi connectivity index (χ1v) is 4.50. The normalized spacial score (nSPS) is 10.4. The van der Waals surface area contributed by atoms with Crippen LogP contribution in [0.15, 0.2) is 30.5 Å². The Labute approximate surface area is 82.3 Å². The van der Waals surface area contributed by atoms with Crippen molar-refractivity contribution in [2.75, 3.05) is 11.9 Å². The Hall–Kier alpha value is -1.77. The number of carbonyl (C=O) groups excluding carboxylic acids is 1. The van der Waals surface area contributed by atoms with Crippen LogP contribution in [-0.4, -0.2) is 17.9 Å². The number of carbonyl (C=O) groups is 1. The number of H-pyrrole nitrogens is 1. The molecule has 0 spiro atoms. The molecule has 0 aliphatic rings. The maximum Gasteiger partial charge on any atom is 0.223 e. The van der Waals surface area contributed by atoms with E-state index in [1.165, 1.54) is 0 Å². The molecule has 0 aliphatic heterocycles. The minimum absolute atomic E-state index is 0.0405. The Kier molecular flexibility index (Phi) is 2.00. The minimum atomic E-state index is 0.0405. The summed E-state index contributed by atoms with van der Waals surface area (Å²) in [4.78, 5) is 16.0. The number of aromatic amines is 1. The van der Waals surface area contributed by atoms with Crippen molar-refractivity contribution in [2.45, 2.75) is 6.92 Å². The zero-order chi connectivity index (χ0) is 10.1. The van der Waals surface area contributed by atoms with E-state index in [2.05, 4.69) is 4.98 Å². The molecule has 0 fully saturated rings. The maximum atomic E-state index is 11.2. The third-order valence-electron chi connectivity index (χ3n) is 2.41. The highest BCUT2D eigenvalue weighted by Gasteiger charge is 2.08. The van der Waals surface area contributed by atoms with Crippen LogP contribution >= 0.6 is 0 Å². The van der Waals surface area contributed by atoms with Gasteiger partial charge in [-0.15, -0.1) is 0 Å². The zero-order valence-corrected chi connectivity index (χ0v) is 8.24. The lowest BCUT2D eigenvalue weighted by atomic mass is 10.2. The quantitative estimate of drug-likeness (QED) is 0.731. The van der Waals surface area contributed by atoms with Gasteiger partial charge in [0, 0.05) is 31.1 Å². The lowest BCUT2D eigenvalue weighted by Gasteiger charge is -2.15. The van der Waals surface area contributed by atoms with Gasteiger partial charge in [-0.25, -0.2) is 0 Å². The summed E-state index contributed by atoms with van der Waals surface area (Å²) in [7, 11) is 1.78. The van der Waals surface area contributed by atoms with E-state index >= 15 is 0 Å². The Morgan fingerprint density at radius 2 is 2.14 bits per heavy atom. The molecule has 2 rings (SSSR count). The van der Waals surface area contributed by atoms with Gasteiger partial charge < -0.3 is 9.88 Å². The number of benzene rings is 1. The molecule has 1 amide bonds. The van der Waals surface area contributed by atoms with Crippen LogP contribution in [0.3, 0.4) is 0 Å². The smallest absolute Gasteiger partial charge is 0.223 e. The molecule has 1 aromatic carbocycles. The number of rotatable bonds is 1. The van der Waals surface area contributed by atoms with Crippen molar-refractivity contribution in [1.82, 2.24) is 4.98 Å². The molecule has 0 aliphatic carbocycles. The second kappa shape index (κ2) is 3.18. The standard InChI is InChI=1S/C11H12N2O/c1-8(14)13(2)11-5-3-4-10-9(11)6-7-12-10/h3-7,12H,1-2H3. The molecule has 1 heterocycles. The predicted octanol–water partition coefficient (Wildman–Crippen LogP) is 2.15. The van der Waals surface area contributed by atoms with Crippen LogP contribution in [0.2, 0.25) is 0 Å². The molecule has 3 nitrogen and oxygen atoms in total. The lowest BCUT2D eigenvalue weighted by molar-refractivity contribution is -0.116. The van der Waals surface area contributed by atoms with Crippen molar-refractivity contribution in [1.29, 1.82) is 0 Å². The number of hydrogen-bond acceptors (Lipinski definition) is 1. The molecular weight excluding hydrogens is 176 g/mol. The summed E-state index contributed by atoms with van der Waals surface area (Å²) in [6, 6.07) is 7.85. The predicted molar refractivity (Wildman–Crippen MR) is 57.4 cm³/mol. The van der Waals surface area contributed by atoms with Gasteiger partial charge >= 0.3 is 0 Å². The van der Waals surface area contributed by atoms with Crippen LogP contribution < -0.4 is 4.90 Å². The van der Waals surface area contributed by atoms with E-state index < -0.39 is 0 Å². The van der Waals surface area contributed by atoms with E-state index in [1.807, 2.05) is 30.5 Å². The largest absolute Gasteiger partial charge is 0.361 e. The molecule has 0 radical (unpaired) electrons. The summed E-state index contributed by atoms with van der Waals surface area (Å²) in [6.45, 7) is 1.56. The van der Waals surface area contributed by atoms with Gasteiger partial charge in [-0.3, -0.25) is 4.79 Å². The molecule has 14 heavy (non-hydrogen) atoms. The second-order valence-corrected chi connectivity index (χ2v) is 3.29. The van der Waals surface area contributed by atoms with E-state index in [4.69, 9.17) is 0 Å². The first-order valence-electron chi connectivity index (χ1n) is 4.50. The van der Waals surface area contributed by atoms with Gasteiger partial charge in [0.2, 0.25) is 5.91 Å². The molecule has 0 saturated heterocycles. The van der Waals surface area contributed by atoms with Gasteiger partial charge in [0.05, 0.1) is 5.69 Å². The van der Waals surface area contributed by atoms with Gasteiger partial charge in [-0.05, 0) is 18.2 Å². The number of anilines is 1. The highest BCUT2D eigenvalue weighted by atomic mass is 16.2. The summed E-state index contributed by atoms with van der Waals surface area (Å²) in [6.07, 6.45) is 1.88. The zero-order valence-electron chi connectivity index (χ0n) is 8.24. The van der Waals surface area contributed by atoms with E-state index in [-0.39, 0.29) is 5.91 Å². The average molecular weight is 188 g/mol. The fourth-order valence-corrected chi connectivity index (χ4v) is 1.53. The average Bonchev–Trinajstić information content (AvgIpc) is 2.63. The lowest BCUT2D eigenvalue weighted by Crippen LogP contribution is -2.22.